The molecule has 0 spiro atoms. The first-order chi connectivity index (χ1) is 8.70. The minimum Gasteiger partial charge on any atom is -0.373 e. The van der Waals surface area contributed by atoms with E-state index in [4.69, 9.17) is 11.6 Å². The first-order valence-electron chi connectivity index (χ1n) is 6.38. The summed E-state index contributed by atoms with van der Waals surface area (Å²) in [6, 6.07) is 6.14. The van der Waals surface area contributed by atoms with Gasteiger partial charge in [0.1, 0.15) is 0 Å². The van der Waals surface area contributed by atoms with Gasteiger partial charge in [0.25, 0.3) is 0 Å². The smallest absolute Gasteiger partial charge is 0.0471 e. The summed E-state index contributed by atoms with van der Waals surface area (Å²) in [6.07, 6.45) is 3.28. The molecule has 1 rings (SSSR count). The first-order valence-corrected chi connectivity index (χ1v) is 8.16. The molecule has 0 saturated carbocycles. The van der Waals surface area contributed by atoms with Gasteiger partial charge in [-0.15, -0.1) is 0 Å². The Bertz CT molecular complexity index is 358. The molecule has 0 fully saturated rings. The highest BCUT2D eigenvalue weighted by Crippen LogP contribution is 2.26. The van der Waals surface area contributed by atoms with E-state index in [0.29, 0.717) is 0 Å². The second-order valence-electron chi connectivity index (χ2n) is 4.33. The summed E-state index contributed by atoms with van der Waals surface area (Å²) >= 11 is 8.18. The van der Waals surface area contributed by atoms with Crippen LogP contribution >= 0.6 is 23.4 Å². The van der Waals surface area contributed by atoms with E-state index in [9.17, 15) is 0 Å². The van der Waals surface area contributed by atoms with Gasteiger partial charge in [-0.3, -0.25) is 0 Å². The normalized spacial score (nSPS) is 10.7. The molecule has 0 aliphatic heterocycles. The average molecular weight is 287 g/mol. The lowest BCUT2D eigenvalue weighted by atomic mass is 10.1. The number of nitrogens with zero attached hydrogens (tertiary/aromatic N) is 1. The highest BCUT2D eigenvalue weighted by molar-refractivity contribution is 7.98. The Balaban J connectivity index is 2.78. The van der Waals surface area contributed by atoms with Crippen molar-refractivity contribution >= 4 is 29.1 Å². The Morgan fingerprint density at radius 1 is 1.39 bits per heavy atom. The molecule has 0 aromatic heterocycles. The van der Waals surface area contributed by atoms with E-state index in [1.807, 2.05) is 23.9 Å². The van der Waals surface area contributed by atoms with Crippen molar-refractivity contribution in [1.29, 1.82) is 0 Å². The average Bonchev–Trinajstić information content (AvgIpc) is 2.38. The fourth-order valence-corrected chi connectivity index (χ4v) is 2.51. The maximum Gasteiger partial charge on any atom is 0.0471 e. The minimum atomic E-state index is 0.840. The van der Waals surface area contributed by atoms with Crippen LogP contribution in [0.25, 0.3) is 0 Å². The molecule has 0 amide bonds. The van der Waals surface area contributed by atoms with E-state index >= 15 is 0 Å². The number of benzene rings is 1. The molecule has 0 aliphatic carbocycles. The van der Waals surface area contributed by atoms with E-state index in [1.54, 1.807) is 0 Å². The second-order valence-corrected chi connectivity index (χ2v) is 5.72. The topological polar surface area (TPSA) is 15.3 Å². The van der Waals surface area contributed by atoms with Crippen molar-refractivity contribution in [3.8, 4) is 0 Å². The standard InChI is InChI=1S/C14H23ClN2S/c1-4-8-16-11-12-13(15)6-5-7-14(12)17(2)9-10-18-3/h5-7,16H,4,8-11H2,1-3H3. The van der Waals surface area contributed by atoms with Crippen molar-refractivity contribution in [3.63, 3.8) is 0 Å². The van der Waals surface area contributed by atoms with Gasteiger partial charge in [0.2, 0.25) is 0 Å². The van der Waals surface area contributed by atoms with Crippen molar-refractivity contribution in [2.75, 3.05) is 37.0 Å². The van der Waals surface area contributed by atoms with E-state index in [0.717, 1.165) is 36.8 Å². The second kappa shape index (κ2) is 8.68. The summed E-state index contributed by atoms with van der Waals surface area (Å²) in [5, 5.41) is 4.28. The van der Waals surface area contributed by atoms with Gasteiger partial charge < -0.3 is 10.2 Å². The summed E-state index contributed by atoms with van der Waals surface area (Å²) in [5.74, 6) is 1.13. The van der Waals surface area contributed by atoms with Gasteiger partial charge in [-0.1, -0.05) is 24.6 Å². The molecule has 1 N–H and O–H groups in total. The summed E-state index contributed by atoms with van der Waals surface area (Å²) in [4.78, 5) is 2.28. The lowest BCUT2D eigenvalue weighted by Gasteiger charge is -2.23. The number of rotatable bonds is 8. The predicted octanol–water partition coefficient (Wildman–Crippen LogP) is 3.64. The molecular weight excluding hydrogens is 264 g/mol. The maximum absolute atomic E-state index is 6.31. The number of anilines is 1. The molecule has 0 unspecified atom stereocenters. The van der Waals surface area contributed by atoms with Crippen LogP contribution in [0.2, 0.25) is 5.02 Å². The van der Waals surface area contributed by atoms with E-state index < -0.39 is 0 Å². The molecule has 0 radical (unpaired) electrons. The maximum atomic E-state index is 6.31. The summed E-state index contributed by atoms with van der Waals surface area (Å²) in [7, 11) is 2.13. The summed E-state index contributed by atoms with van der Waals surface area (Å²) in [6.45, 7) is 5.08. The monoisotopic (exact) mass is 286 g/mol. The highest BCUT2D eigenvalue weighted by Gasteiger charge is 2.10. The zero-order valence-corrected chi connectivity index (χ0v) is 13.1. The lowest BCUT2D eigenvalue weighted by Crippen LogP contribution is -2.23. The highest BCUT2D eigenvalue weighted by atomic mass is 35.5. The van der Waals surface area contributed by atoms with Crippen LogP contribution in [0, 0.1) is 0 Å². The van der Waals surface area contributed by atoms with E-state index in [2.05, 4.69) is 36.5 Å². The largest absolute Gasteiger partial charge is 0.373 e. The van der Waals surface area contributed by atoms with Gasteiger partial charge in [-0.25, -0.2) is 0 Å². The van der Waals surface area contributed by atoms with Gasteiger partial charge in [0, 0.05) is 42.2 Å². The fraction of sp³-hybridized carbons (Fsp3) is 0.571. The first kappa shape index (κ1) is 15.7. The van der Waals surface area contributed by atoms with Crippen LogP contribution in [0.3, 0.4) is 0 Å². The third kappa shape index (κ3) is 4.71. The molecule has 0 bridgehead atoms. The van der Waals surface area contributed by atoms with E-state index in [1.165, 1.54) is 11.3 Å². The molecule has 1 aromatic rings. The van der Waals surface area contributed by atoms with Crippen molar-refractivity contribution in [2.24, 2.45) is 0 Å². The molecular formula is C14H23ClN2S. The van der Waals surface area contributed by atoms with Gasteiger partial charge in [0.05, 0.1) is 0 Å². The molecule has 102 valence electrons. The van der Waals surface area contributed by atoms with Gasteiger partial charge in [-0.05, 0) is 31.4 Å². The van der Waals surface area contributed by atoms with Gasteiger partial charge in [0.15, 0.2) is 0 Å². The molecule has 1 aromatic carbocycles. The van der Waals surface area contributed by atoms with Crippen molar-refractivity contribution < 1.29 is 0 Å². The summed E-state index contributed by atoms with van der Waals surface area (Å²) < 4.78 is 0. The minimum absolute atomic E-state index is 0.840. The predicted molar refractivity (Wildman–Crippen MR) is 85.1 cm³/mol. The van der Waals surface area contributed by atoms with Crippen LogP contribution < -0.4 is 10.2 Å². The van der Waals surface area contributed by atoms with Crippen molar-refractivity contribution in [3.05, 3.63) is 28.8 Å². The van der Waals surface area contributed by atoms with Crippen LogP contribution in [-0.4, -0.2) is 32.1 Å². The third-order valence-electron chi connectivity index (χ3n) is 2.86. The number of nitrogens with one attached hydrogen (secondary N) is 1. The zero-order valence-electron chi connectivity index (χ0n) is 11.5. The van der Waals surface area contributed by atoms with Gasteiger partial charge in [-0.2, -0.15) is 11.8 Å². The van der Waals surface area contributed by atoms with Crippen LogP contribution in [0.5, 0.6) is 0 Å². The summed E-state index contributed by atoms with van der Waals surface area (Å²) in [5.41, 5.74) is 2.44. The zero-order chi connectivity index (χ0) is 13.4. The number of hydrogen-bond donors (Lipinski definition) is 1. The van der Waals surface area contributed by atoms with E-state index in [-0.39, 0.29) is 0 Å². The van der Waals surface area contributed by atoms with Crippen LogP contribution in [0.15, 0.2) is 18.2 Å². The number of thioether (sulfide) groups is 1. The number of halogens is 1. The van der Waals surface area contributed by atoms with Crippen molar-refractivity contribution in [2.45, 2.75) is 19.9 Å². The molecule has 2 nitrogen and oxygen atoms in total. The Morgan fingerprint density at radius 2 is 2.17 bits per heavy atom. The molecule has 0 atom stereocenters. The number of hydrogen-bond acceptors (Lipinski definition) is 3. The Morgan fingerprint density at radius 3 is 2.83 bits per heavy atom. The quantitative estimate of drug-likeness (QED) is 0.735. The Hall–Kier alpha value is -0.380. The lowest BCUT2D eigenvalue weighted by molar-refractivity contribution is 0.674. The fourth-order valence-electron chi connectivity index (χ4n) is 1.82. The molecule has 4 heteroatoms. The molecule has 0 saturated heterocycles. The SMILES string of the molecule is CCCNCc1c(Cl)cccc1N(C)CCSC. The molecule has 0 aliphatic rings. The Labute approximate surface area is 120 Å². The van der Waals surface area contributed by atoms with Gasteiger partial charge >= 0.3 is 0 Å². The molecule has 18 heavy (non-hydrogen) atoms. The third-order valence-corrected chi connectivity index (χ3v) is 3.81. The Kier molecular flexibility index (Phi) is 7.56. The van der Waals surface area contributed by atoms with Crippen molar-refractivity contribution in [1.82, 2.24) is 5.32 Å². The van der Waals surface area contributed by atoms with Crippen LogP contribution in [0.1, 0.15) is 18.9 Å². The molecule has 0 heterocycles. The van der Waals surface area contributed by atoms with Crippen LogP contribution in [0.4, 0.5) is 5.69 Å². The van der Waals surface area contributed by atoms with Crippen LogP contribution in [-0.2, 0) is 6.54 Å².